The van der Waals surface area contributed by atoms with Gasteiger partial charge in [-0.25, -0.2) is 4.79 Å². The molecule has 0 radical (unpaired) electrons. The first-order chi connectivity index (χ1) is 9.08. The Kier molecular flexibility index (Phi) is 6.03. The van der Waals surface area contributed by atoms with Crippen LogP contribution in [0.3, 0.4) is 0 Å². The van der Waals surface area contributed by atoms with E-state index in [1.54, 1.807) is 24.3 Å². The second-order valence-electron chi connectivity index (χ2n) is 3.76. The highest BCUT2D eigenvalue weighted by Crippen LogP contribution is 2.12. The second-order valence-corrected chi connectivity index (χ2v) is 4.67. The number of hydrogen-bond donors (Lipinski definition) is 1. The molecule has 0 heterocycles. The van der Waals surface area contributed by atoms with Crippen LogP contribution in [0.2, 0.25) is 0 Å². The molecule has 0 aliphatic carbocycles. The number of nitriles is 1. The Balaban J connectivity index is 2.76. The van der Waals surface area contributed by atoms with Crippen molar-refractivity contribution in [2.24, 2.45) is 0 Å². The zero-order valence-electron chi connectivity index (χ0n) is 10.4. The molecule has 0 unspecified atom stereocenters. The van der Waals surface area contributed by atoms with Gasteiger partial charge in [0, 0.05) is 16.5 Å². The molecule has 1 N–H and O–H groups in total. The van der Waals surface area contributed by atoms with E-state index in [-0.39, 0.29) is 18.7 Å². The molecule has 0 spiro atoms. The van der Waals surface area contributed by atoms with Gasteiger partial charge in [0.1, 0.15) is 6.04 Å². The average Bonchev–Trinajstić information content (AvgIpc) is 2.42. The van der Waals surface area contributed by atoms with Crippen molar-refractivity contribution >= 4 is 27.8 Å². The van der Waals surface area contributed by atoms with E-state index in [2.05, 4.69) is 26.0 Å². The SMILES string of the molecule is COC(=O)[C@@H](CCC#N)NC(=O)c1cccc(Br)c1. The topological polar surface area (TPSA) is 79.2 Å². The van der Waals surface area contributed by atoms with E-state index in [1.807, 2.05) is 6.07 Å². The number of rotatable bonds is 5. The predicted octanol–water partition coefficient (Wildman–Crippen LogP) is 2.02. The third kappa shape index (κ3) is 4.72. The number of hydrogen-bond acceptors (Lipinski definition) is 4. The highest BCUT2D eigenvalue weighted by Gasteiger charge is 2.21. The third-order valence-corrected chi connectivity index (χ3v) is 2.92. The number of nitrogens with zero attached hydrogens (tertiary/aromatic N) is 1. The zero-order chi connectivity index (χ0) is 14.3. The summed E-state index contributed by atoms with van der Waals surface area (Å²) in [6.45, 7) is 0. The molecule has 1 atom stereocenters. The van der Waals surface area contributed by atoms with Crippen LogP contribution in [0, 0.1) is 11.3 Å². The Hall–Kier alpha value is -1.87. The number of halogens is 1. The Morgan fingerprint density at radius 2 is 2.26 bits per heavy atom. The number of methoxy groups -OCH3 is 1. The van der Waals surface area contributed by atoms with Gasteiger partial charge < -0.3 is 10.1 Å². The van der Waals surface area contributed by atoms with Crippen LogP contribution in [0.4, 0.5) is 0 Å². The standard InChI is InChI=1S/C13H13BrN2O3/c1-19-13(18)11(6-3-7-15)16-12(17)9-4-2-5-10(14)8-9/h2,4-5,8,11H,3,6H2,1H3,(H,16,17)/t11-/m1/s1. The van der Waals surface area contributed by atoms with Gasteiger partial charge in [0.15, 0.2) is 0 Å². The first-order valence-corrected chi connectivity index (χ1v) is 6.39. The highest BCUT2D eigenvalue weighted by atomic mass is 79.9. The van der Waals surface area contributed by atoms with E-state index in [4.69, 9.17) is 5.26 Å². The summed E-state index contributed by atoms with van der Waals surface area (Å²) in [7, 11) is 1.24. The quantitative estimate of drug-likeness (QED) is 0.840. The lowest BCUT2D eigenvalue weighted by molar-refractivity contribution is -0.143. The number of benzene rings is 1. The molecule has 1 amide bonds. The third-order valence-electron chi connectivity index (χ3n) is 2.42. The summed E-state index contributed by atoms with van der Waals surface area (Å²) in [5, 5.41) is 11.1. The molecule has 6 heteroatoms. The fourth-order valence-corrected chi connectivity index (χ4v) is 1.87. The highest BCUT2D eigenvalue weighted by molar-refractivity contribution is 9.10. The Labute approximate surface area is 119 Å². The maximum Gasteiger partial charge on any atom is 0.328 e. The van der Waals surface area contributed by atoms with Crippen LogP contribution in [0.1, 0.15) is 23.2 Å². The molecular weight excluding hydrogens is 312 g/mol. The monoisotopic (exact) mass is 324 g/mol. The van der Waals surface area contributed by atoms with Crippen molar-refractivity contribution in [3.63, 3.8) is 0 Å². The average molecular weight is 325 g/mol. The Morgan fingerprint density at radius 3 is 2.84 bits per heavy atom. The molecule has 0 saturated heterocycles. The van der Waals surface area contributed by atoms with Gasteiger partial charge >= 0.3 is 5.97 Å². The molecule has 0 aromatic heterocycles. The van der Waals surface area contributed by atoms with E-state index < -0.39 is 12.0 Å². The van der Waals surface area contributed by atoms with Gasteiger partial charge in [-0.2, -0.15) is 5.26 Å². The molecule has 0 aliphatic rings. The lowest BCUT2D eigenvalue weighted by Crippen LogP contribution is -2.41. The minimum absolute atomic E-state index is 0.165. The predicted molar refractivity (Wildman–Crippen MR) is 72.3 cm³/mol. The van der Waals surface area contributed by atoms with Crippen LogP contribution < -0.4 is 5.32 Å². The van der Waals surface area contributed by atoms with Gasteiger partial charge in [-0.1, -0.05) is 22.0 Å². The molecule has 5 nitrogen and oxygen atoms in total. The molecule has 1 aromatic rings. The number of ether oxygens (including phenoxy) is 1. The number of esters is 1. The van der Waals surface area contributed by atoms with Gasteiger partial charge in [0.05, 0.1) is 13.2 Å². The zero-order valence-corrected chi connectivity index (χ0v) is 11.9. The molecule has 1 aromatic carbocycles. The van der Waals surface area contributed by atoms with E-state index in [9.17, 15) is 9.59 Å². The lowest BCUT2D eigenvalue weighted by Gasteiger charge is -2.15. The fraction of sp³-hybridized carbons (Fsp3) is 0.308. The number of amides is 1. The maximum atomic E-state index is 12.0. The largest absolute Gasteiger partial charge is 0.467 e. The van der Waals surface area contributed by atoms with Crippen molar-refractivity contribution in [2.75, 3.05) is 7.11 Å². The van der Waals surface area contributed by atoms with Crippen LogP contribution in [0.5, 0.6) is 0 Å². The maximum absolute atomic E-state index is 12.0. The van der Waals surface area contributed by atoms with Crippen LogP contribution in [0.25, 0.3) is 0 Å². The summed E-state index contributed by atoms with van der Waals surface area (Å²) in [6, 6.07) is 7.93. The van der Waals surface area contributed by atoms with Crippen molar-refractivity contribution in [2.45, 2.75) is 18.9 Å². The molecule has 100 valence electrons. The number of carbonyl (C=O) groups excluding carboxylic acids is 2. The molecule has 0 saturated carbocycles. The Bertz CT molecular complexity index is 511. The van der Waals surface area contributed by atoms with Crippen LogP contribution in [0.15, 0.2) is 28.7 Å². The van der Waals surface area contributed by atoms with Crippen molar-refractivity contribution in [3.8, 4) is 6.07 Å². The minimum Gasteiger partial charge on any atom is -0.467 e. The minimum atomic E-state index is -0.809. The lowest BCUT2D eigenvalue weighted by atomic mass is 10.1. The summed E-state index contributed by atoms with van der Waals surface area (Å²) in [4.78, 5) is 23.5. The summed E-state index contributed by atoms with van der Waals surface area (Å²) < 4.78 is 5.37. The van der Waals surface area contributed by atoms with Crippen molar-refractivity contribution in [1.82, 2.24) is 5.32 Å². The first-order valence-electron chi connectivity index (χ1n) is 5.59. The Morgan fingerprint density at radius 1 is 1.53 bits per heavy atom. The normalized spacial score (nSPS) is 11.2. The number of nitrogens with one attached hydrogen (secondary N) is 1. The van der Waals surface area contributed by atoms with Gasteiger partial charge in [-0.05, 0) is 24.6 Å². The molecular formula is C13H13BrN2O3. The summed E-state index contributed by atoms with van der Waals surface area (Å²) in [6.07, 6.45) is 0.390. The van der Waals surface area contributed by atoms with Crippen molar-refractivity contribution in [3.05, 3.63) is 34.3 Å². The van der Waals surface area contributed by atoms with Gasteiger partial charge in [-0.15, -0.1) is 0 Å². The van der Waals surface area contributed by atoms with E-state index in [1.165, 1.54) is 7.11 Å². The van der Waals surface area contributed by atoms with Crippen LogP contribution >= 0.6 is 15.9 Å². The van der Waals surface area contributed by atoms with E-state index in [0.29, 0.717) is 5.56 Å². The van der Waals surface area contributed by atoms with Gasteiger partial charge in [0.25, 0.3) is 5.91 Å². The van der Waals surface area contributed by atoms with Gasteiger partial charge in [0.2, 0.25) is 0 Å². The molecule has 1 rings (SSSR count). The second kappa shape index (κ2) is 7.54. The van der Waals surface area contributed by atoms with Crippen molar-refractivity contribution < 1.29 is 14.3 Å². The molecule has 0 aliphatic heterocycles. The first kappa shape index (κ1) is 15.2. The summed E-state index contributed by atoms with van der Waals surface area (Å²) in [5.74, 6) is -0.937. The fourth-order valence-electron chi connectivity index (χ4n) is 1.47. The molecule has 0 fully saturated rings. The molecule has 19 heavy (non-hydrogen) atoms. The summed E-state index contributed by atoms with van der Waals surface area (Å²) in [5.41, 5.74) is 0.431. The van der Waals surface area contributed by atoms with Crippen molar-refractivity contribution in [1.29, 1.82) is 5.26 Å². The molecule has 0 bridgehead atoms. The summed E-state index contributed by atoms with van der Waals surface area (Å²) >= 11 is 3.27. The van der Waals surface area contributed by atoms with E-state index >= 15 is 0 Å². The van der Waals surface area contributed by atoms with Crippen LogP contribution in [-0.4, -0.2) is 25.0 Å². The van der Waals surface area contributed by atoms with E-state index in [0.717, 1.165) is 4.47 Å². The van der Waals surface area contributed by atoms with Crippen LogP contribution in [-0.2, 0) is 9.53 Å². The smallest absolute Gasteiger partial charge is 0.328 e. The van der Waals surface area contributed by atoms with Gasteiger partial charge in [-0.3, -0.25) is 4.79 Å². The number of carbonyl (C=O) groups is 2.